The number of fused-ring (bicyclic) bond motifs is 2. The summed E-state index contributed by atoms with van der Waals surface area (Å²) in [7, 11) is 0. The topological polar surface area (TPSA) is 201 Å². The van der Waals surface area contributed by atoms with Gasteiger partial charge in [-0.2, -0.15) is 0 Å². The van der Waals surface area contributed by atoms with Crippen molar-refractivity contribution in [2.75, 3.05) is 39.3 Å². The van der Waals surface area contributed by atoms with Gasteiger partial charge in [-0.05, 0) is 148 Å². The van der Waals surface area contributed by atoms with Crippen molar-refractivity contribution in [3.8, 4) is 32.4 Å². The van der Waals surface area contributed by atoms with Gasteiger partial charge >= 0.3 is 5.97 Å². The molecule has 6 N–H and O–H groups in total. The summed E-state index contributed by atoms with van der Waals surface area (Å²) in [6.07, 6.45) is 6.11. The average molecular weight is 1140 g/mol. The quantitative estimate of drug-likeness (QED) is 0.0579. The first-order valence-electron chi connectivity index (χ1n) is 25.2. The molecular weight excluding hydrogens is 1070 g/mol. The number of aliphatic carboxylic acids is 1. The number of carbonyl (C=O) groups excluding carboxylic acids is 1. The number of nitrogens with one attached hydrogen (secondary N) is 1. The van der Waals surface area contributed by atoms with E-state index in [-0.39, 0.29) is 58.9 Å². The standard InChI is InChI=1S/C28H28ClN3O4S.C15H22N2O2.C13H8ClNO3S.3CH4/c29-25-11-10-24(37-25)18-4-9-22-19(14-18)16-35-31-26(22)28(34)30-23(15-32-12-1-13-32)27(33)17-2-5-20(6-3-17)36-21-7-8-21;16-14(10-17-8-1-9-17)15(18)11-2-4-12(5-3-11)19-13-6-7-13;14-11-4-3-10(19-11)7-1-2-9-8(5-7)6-18-15-12(9)13(16)17;;;/h2-6,9-11,14,21,23,27,33H,1,7-8,12-13,15-16H2,(H,30,34);2-5,13-15,18H,1,6-10,16H2;1-5H,6H2,(H,16,17);3*1H4/t23-,27-;14-,15-;;;;/m11..../s1. The molecule has 0 spiro atoms. The highest BCUT2D eigenvalue weighted by molar-refractivity contribution is 7.19. The number of ether oxygens (including phenoxy) is 2. The number of carbonyl (C=O) groups is 2. The fourth-order valence-electron chi connectivity index (χ4n) is 8.87. The maximum absolute atomic E-state index is 13.4. The first-order valence-corrected chi connectivity index (χ1v) is 27.6. The summed E-state index contributed by atoms with van der Waals surface area (Å²) in [4.78, 5) is 41.5. The number of likely N-dealkylation sites (tertiary alicyclic amines) is 2. The predicted molar refractivity (Wildman–Crippen MR) is 312 cm³/mol. The Bertz CT molecular complexity index is 3030. The second-order valence-electron chi connectivity index (χ2n) is 19.4. The largest absolute Gasteiger partial charge is 0.490 e. The zero-order valence-corrected chi connectivity index (χ0v) is 44.1. The molecule has 2 aromatic heterocycles. The Balaban J connectivity index is 0.000000182. The van der Waals surface area contributed by atoms with E-state index in [0.29, 0.717) is 24.3 Å². The lowest BCUT2D eigenvalue weighted by molar-refractivity contribution is -0.129. The zero-order valence-electron chi connectivity index (χ0n) is 41.0. The van der Waals surface area contributed by atoms with Crippen molar-refractivity contribution >= 4 is 69.2 Å². The number of rotatable bonds is 17. The van der Waals surface area contributed by atoms with E-state index in [9.17, 15) is 19.8 Å². The molecule has 416 valence electrons. The Kier molecular flexibility index (Phi) is 21.0. The van der Waals surface area contributed by atoms with Crippen molar-refractivity contribution in [3.05, 3.63) is 151 Å². The van der Waals surface area contributed by atoms with E-state index in [0.717, 1.165) is 134 Å². The summed E-state index contributed by atoms with van der Waals surface area (Å²) in [5.74, 6) is 0.227. The van der Waals surface area contributed by atoms with Gasteiger partial charge in [-0.1, -0.05) is 104 Å². The zero-order chi connectivity index (χ0) is 52.0. The number of halogens is 2. The monoisotopic (exact) mass is 1140 g/mol. The van der Waals surface area contributed by atoms with Crippen LogP contribution in [0.15, 0.2) is 120 Å². The number of carboxylic acids is 1. The second-order valence-corrected chi connectivity index (χ2v) is 22.8. The number of nitrogens with two attached hydrogens (primary N) is 1. The number of hydrogen-bond donors (Lipinski definition) is 5. The number of hydrogen-bond acceptors (Lipinski definition) is 15. The minimum absolute atomic E-state index is 0. The third kappa shape index (κ3) is 15.3. The molecule has 0 unspecified atom stereocenters. The van der Waals surface area contributed by atoms with Crippen molar-refractivity contribution in [1.82, 2.24) is 15.1 Å². The molecule has 15 nitrogen and oxygen atoms in total. The van der Waals surface area contributed by atoms with Crippen LogP contribution in [-0.2, 0) is 32.5 Å². The number of amides is 1. The number of aliphatic hydroxyl groups is 2. The molecule has 78 heavy (non-hydrogen) atoms. The molecule has 6 heterocycles. The summed E-state index contributed by atoms with van der Waals surface area (Å²) in [6, 6.07) is 33.5. The van der Waals surface area contributed by atoms with Crippen LogP contribution in [0.1, 0.15) is 106 Å². The van der Waals surface area contributed by atoms with Crippen molar-refractivity contribution in [2.45, 2.75) is 111 Å². The van der Waals surface area contributed by atoms with E-state index in [2.05, 4.69) is 25.4 Å². The molecule has 4 aromatic carbocycles. The van der Waals surface area contributed by atoms with Gasteiger partial charge in [-0.3, -0.25) is 4.79 Å². The molecule has 4 fully saturated rings. The fourth-order valence-corrected chi connectivity index (χ4v) is 11.0. The summed E-state index contributed by atoms with van der Waals surface area (Å²) in [5, 5.41) is 41.3. The fraction of sp³-hybridized carbons (Fsp3) is 0.390. The van der Waals surface area contributed by atoms with Crippen LogP contribution in [-0.4, -0.2) is 112 Å². The number of thiophene rings is 2. The summed E-state index contributed by atoms with van der Waals surface area (Å²) >= 11 is 15.0. The first kappa shape index (κ1) is 59.8. The minimum Gasteiger partial charge on any atom is -0.490 e. The molecule has 2 saturated carbocycles. The lowest BCUT2D eigenvalue weighted by atomic mass is 9.97. The van der Waals surface area contributed by atoms with E-state index < -0.39 is 24.2 Å². The third-order valence-corrected chi connectivity index (χ3v) is 16.2. The van der Waals surface area contributed by atoms with Gasteiger partial charge in [-0.15, -0.1) is 22.7 Å². The Hall–Kier alpha value is -5.86. The Morgan fingerprint density at radius 2 is 1.09 bits per heavy atom. The lowest BCUT2D eigenvalue weighted by Crippen LogP contribution is -2.52. The highest BCUT2D eigenvalue weighted by Gasteiger charge is 2.32. The summed E-state index contributed by atoms with van der Waals surface area (Å²) < 4.78 is 13.0. The van der Waals surface area contributed by atoms with E-state index in [1.165, 1.54) is 29.1 Å². The number of nitrogens with zero attached hydrogens (tertiary/aromatic N) is 4. The third-order valence-electron chi connectivity index (χ3n) is 13.6. The van der Waals surface area contributed by atoms with Gasteiger partial charge in [0.25, 0.3) is 5.91 Å². The van der Waals surface area contributed by atoms with Crippen molar-refractivity contribution in [1.29, 1.82) is 0 Å². The second kappa shape index (κ2) is 27.3. The van der Waals surface area contributed by atoms with E-state index >= 15 is 0 Å². The molecule has 2 saturated heterocycles. The van der Waals surface area contributed by atoms with Crippen LogP contribution in [0.2, 0.25) is 8.67 Å². The molecule has 12 rings (SSSR count). The molecule has 2 aliphatic carbocycles. The maximum Gasteiger partial charge on any atom is 0.358 e. The normalized spacial score (nSPS) is 17.6. The van der Waals surface area contributed by atoms with E-state index in [1.807, 2.05) is 103 Å². The van der Waals surface area contributed by atoms with Gasteiger partial charge in [-0.25, -0.2) is 4.79 Å². The summed E-state index contributed by atoms with van der Waals surface area (Å²) in [6.45, 7) is 6.00. The van der Waals surface area contributed by atoms with Gasteiger partial charge in [0.15, 0.2) is 11.4 Å². The molecule has 0 bridgehead atoms. The van der Waals surface area contributed by atoms with Crippen molar-refractivity contribution < 1.29 is 44.1 Å². The predicted octanol–water partition coefficient (Wildman–Crippen LogP) is 11.4. The van der Waals surface area contributed by atoms with Crippen LogP contribution < -0.4 is 20.5 Å². The highest BCUT2D eigenvalue weighted by atomic mass is 35.5. The molecule has 6 aromatic rings. The number of oxime groups is 2. The van der Waals surface area contributed by atoms with Crippen LogP contribution in [0.25, 0.3) is 20.9 Å². The molecular formula is C59H70Cl2N6O9S2. The number of aliphatic hydroxyl groups excluding tert-OH is 2. The van der Waals surface area contributed by atoms with Gasteiger partial charge < -0.3 is 55.3 Å². The van der Waals surface area contributed by atoms with Crippen LogP contribution >= 0.6 is 45.9 Å². The van der Waals surface area contributed by atoms with Gasteiger partial charge in [0.2, 0.25) is 0 Å². The molecule has 0 radical (unpaired) electrons. The van der Waals surface area contributed by atoms with Gasteiger partial charge in [0, 0.05) is 51.1 Å². The van der Waals surface area contributed by atoms with E-state index in [4.69, 9.17) is 53.2 Å². The number of carboxylic acid groups (broad SMARTS) is 1. The van der Waals surface area contributed by atoms with Gasteiger partial charge in [0.05, 0.1) is 33.0 Å². The van der Waals surface area contributed by atoms with Crippen molar-refractivity contribution in [2.24, 2.45) is 16.0 Å². The Morgan fingerprint density at radius 1 is 0.641 bits per heavy atom. The van der Waals surface area contributed by atoms with E-state index in [1.54, 1.807) is 6.07 Å². The SMILES string of the molecule is C.C.C.N[C@H](CN1CCC1)[C@H](O)c1ccc(OC2CC2)cc1.O=C(N[C@H](CN1CCC1)[C@H](O)c1ccc(OC2CC2)cc1)C1=NOCc2cc(-c3ccc(Cl)s3)ccc21.O=C(O)C1=NOCc2cc(-c3ccc(Cl)s3)ccc21. The first-order chi connectivity index (χ1) is 36.4. The molecule has 19 heteroatoms. The molecule has 6 aliphatic rings. The number of benzene rings is 4. The van der Waals surface area contributed by atoms with Crippen LogP contribution in [0, 0.1) is 0 Å². The molecule has 1 amide bonds. The summed E-state index contributed by atoms with van der Waals surface area (Å²) in [5.41, 5.74) is 12.9. The van der Waals surface area contributed by atoms with Crippen molar-refractivity contribution in [3.63, 3.8) is 0 Å². The molecule has 4 atom stereocenters. The smallest absolute Gasteiger partial charge is 0.358 e. The van der Waals surface area contributed by atoms with Crippen LogP contribution in [0.4, 0.5) is 0 Å². The maximum atomic E-state index is 13.4. The minimum atomic E-state index is -1.09. The Morgan fingerprint density at radius 3 is 1.51 bits per heavy atom. The van der Waals surface area contributed by atoms with Crippen LogP contribution in [0.3, 0.4) is 0 Å². The highest BCUT2D eigenvalue weighted by Crippen LogP contribution is 2.36. The lowest BCUT2D eigenvalue weighted by Gasteiger charge is -2.36. The molecule has 4 aliphatic heterocycles. The van der Waals surface area contributed by atoms with Crippen LogP contribution in [0.5, 0.6) is 11.5 Å². The van der Waals surface area contributed by atoms with Gasteiger partial charge in [0.1, 0.15) is 30.8 Å². The Labute approximate surface area is 475 Å². The average Bonchev–Trinajstić information content (AvgIpc) is 4.32.